The standard InChI is InChI=1S/C18H19FO2/c1-12-8-9-14(11-16(12)19)18(2,20)15-7-3-5-13-6-4-10-21-17(13)15/h3,5,7-9,11,20H,4,6,10H2,1-2H3. The van der Waals surface area contributed by atoms with Crippen molar-refractivity contribution in [2.24, 2.45) is 0 Å². The van der Waals surface area contributed by atoms with E-state index >= 15 is 0 Å². The molecule has 3 heteroatoms. The van der Waals surface area contributed by atoms with Gasteiger partial charge < -0.3 is 9.84 Å². The third kappa shape index (κ3) is 2.42. The highest BCUT2D eigenvalue weighted by molar-refractivity contribution is 5.49. The van der Waals surface area contributed by atoms with Crippen LogP contribution in [0.25, 0.3) is 0 Å². The number of aryl methyl sites for hydroxylation is 2. The van der Waals surface area contributed by atoms with Crippen LogP contribution in [-0.4, -0.2) is 11.7 Å². The molecule has 1 unspecified atom stereocenters. The van der Waals surface area contributed by atoms with E-state index in [1.165, 1.54) is 6.07 Å². The van der Waals surface area contributed by atoms with Crippen LogP contribution in [0.3, 0.4) is 0 Å². The van der Waals surface area contributed by atoms with Gasteiger partial charge in [-0.15, -0.1) is 0 Å². The summed E-state index contributed by atoms with van der Waals surface area (Å²) in [6.07, 6.45) is 1.93. The first-order chi connectivity index (χ1) is 10.00. The topological polar surface area (TPSA) is 29.5 Å². The fourth-order valence-electron chi connectivity index (χ4n) is 2.82. The maximum absolute atomic E-state index is 13.8. The molecule has 3 rings (SSSR count). The zero-order valence-electron chi connectivity index (χ0n) is 12.3. The number of rotatable bonds is 2. The minimum atomic E-state index is -1.28. The van der Waals surface area contributed by atoms with Crippen LogP contribution in [0.15, 0.2) is 36.4 Å². The normalized spacial score (nSPS) is 16.8. The summed E-state index contributed by atoms with van der Waals surface area (Å²) in [7, 11) is 0. The summed E-state index contributed by atoms with van der Waals surface area (Å²) in [4.78, 5) is 0. The zero-order chi connectivity index (χ0) is 15.0. The van der Waals surface area contributed by atoms with Gasteiger partial charge in [-0.1, -0.05) is 30.3 Å². The summed E-state index contributed by atoms with van der Waals surface area (Å²) in [6, 6.07) is 10.6. The van der Waals surface area contributed by atoms with Crippen LogP contribution in [-0.2, 0) is 12.0 Å². The predicted molar refractivity (Wildman–Crippen MR) is 80.1 cm³/mol. The van der Waals surface area contributed by atoms with E-state index in [1.807, 2.05) is 18.2 Å². The molecule has 2 aromatic carbocycles. The Labute approximate surface area is 124 Å². The predicted octanol–water partition coefficient (Wildman–Crippen LogP) is 3.71. The fourth-order valence-corrected chi connectivity index (χ4v) is 2.82. The molecule has 0 fully saturated rings. The summed E-state index contributed by atoms with van der Waals surface area (Å²) < 4.78 is 19.6. The Morgan fingerprint density at radius 2 is 2.05 bits per heavy atom. The van der Waals surface area contributed by atoms with Gasteiger partial charge in [-0.25, -0.2) is 4.39 Å². The molecule has 0 bridgehead atoms. The minimum Gasteiger partial charge on any atom is -0.493 e. The summed E-state index contributed by atoms with van der Waals surface area (Å²) >= 11 is 0. The Kier molecular flexibility index (Phi) is 3.46. The summed E-state index contributed by atoms with van der Waals surface area (Å²) in [5, 5.41) is 11.0. The van der Waals surface area contributed by atoms with Crippen molar-refractivity contribution in [3.63, 3.8) is 0 Å². The molecule has 110 valence electrons. The van der Waals surface area contributed by atoms with E-state index in [0.717, 1.165) is 24.2 Å². The molecule has 1 atom stereocenters. The monoisotopic (exact) mass is 286 g/mol. The average Bonchev–Trinajstić information content (AvgIpc) is 2.49. The first kappa shape index (κ1) is 14.1. The van der Waals surface area contributed by atoms with Crippen molar-refractivity contribution < 1.29 is 14.2 Å². The third-order valence-electron chi connectivity index (χ3n) is 4.19. The lowest BCUT2D eigenvalue weighted by atomic mass is 9.85. The highest BCUT2D eigenvalue weighted by atomic mass is 19.1. The summed E-state index contributed by atoms with van der Waals surface area (Å²) in [5.74, 6) is 0.438. The second-order valence-electron chi connectivity index (χ2n) is 5.78. The van der Waals surface area contributed by atoms with E-state index in [9.17, 15) is 9.50 Å². The van der Waals surface area contributed by atoms with Crippen molar-refractivity contribution in [2.45, 2.75) is 32.3 Å². The molecule has 1 aliphatic rings. The number of para-hydroxylation sites is 1. The molecule has 2 nitrogen and oxygen atoms in total. The average molecular weight is 286 g/mol. The van der Waals surface area contributed by atoms with Gasteiger partial charge in [0, 0.05) is 5.56 Å². The molecule has 21 heavy (non-hydrogen) atoms. The molecule has 0 amide bonds. The Hall–Kier alpha value is -1.87. The SMILES string of the molecule is Cc1ccc(C(C)(O)c2cccc3c2OCCC3)cc1F. The summed E-state index contributed by atoms with van der Waals surface area (Å²) in [5.41, 5.74) is 1.63. The van der Waals surface area contributed by atoms with Crippen molar-refractivity contribution in [2.75, 3.05) is 6.61 Å². The van der Waals surface area contributed by atoms with E-state index < -0.39 is 5.60 Å². The molecular formula is C18H19FO2. The Bertz CT molecular complexity index is 677. The van der Waals surface area contributed by atoms with Gasteiger partial charge in [0.25, 0.3) is 0 Å². The fraction of sp³-hybridized carbons (Fsp3) is 0.333. The molecule has 1 aliphatic heterocycles. The van der Waals surface area contributed by atoms with Crippen LogP contribution in [0.4, 0.5) is 4.39 Å². The maximum atomic E-state index is 13.8. The third-order valence-corrected chi connectivity index (χ3v) is 4.19. The highest BCUT2D eigenvalue weighted by Crippen LogP contribution is 2.39. The van der Waals surface area contributed by atoms with Gasteiger partial charge in [0.1, 0.15) is 17.2 Å². The molecular weight excluding hydrogens is 267 g/mol. The van der Waals surface area contributed by atoms with Crippen molar-refractivity contribution in [3.8, 4) is 5.75 Å². The van der Waals surface area contributed by atoms with Gasteiger partial charge in [0.15, 0.2) is 0 Å². The number of fused-ring (bicyclic) bond motifs is 1. The smallest absolute Gasteiger partial charge is 0.128 e. The summed E-state index contributed by atoms with van der Waals surface area (Å²) in [6.45, 7) is 4.05. The van der Waals surface area contributed by atoms with Crippen molar-refractivity contribution in [1.29, 1.82) is 0 Å². The Morgan fingerprint density at radius 3 is 2.81 bits per heavy atom. The molecule has 1 heterocycles. The Morgan fingerprint density at radius 1 is 1.24 bits per heavy atom. The van der Waals surface area contributed by atoms with Gasteiger partial charge in [-0.2, -0.15) is 0 Å². The lowest BCUT2D eigenvalue weighted by Crippen LogP contribution is -2.25. The molecule has 1 N–H and O–H groups in total. The van der Waals surface area contributed by atoms with Gasteiger partial charge in [-0.3, -0.25) is 0 Å². The van der Waals surface area contributed by atoms with Crippen LogP contribution < -0.4 is 4.74 Å². The lowest BCUT2D eigenvalue weighted by Gasteiger charge is -2.30. The van der Waals surface area contributed by atoms with Crippen LogP contribution in [0, 0.1) is 12.7 Å². The van der Waals surface area contributed by atoms with Crippen molar-refractivity contribution in [1.82, 2.24) is 0 Å². The molecule has 0 aromatic heterocycles. The van der Waals surface area contributed by atoms with Crippen LogP contribution in [0.2, 0.25) is 0 Å². The largest absolute Gasteiger partial charge is 0.493 e. The first-order valence-electron chi connectivity index (χ1n) is 7.24. The molecule has 2 aromatic rings. The first-order valence-corrected chi connectivity index (χ1v) is 7.24. The van der Waals surface area contributed by atoms with Crippen LogP contribution in [0.1, 0.15) is 35.6 Å². The van der Waals surface area contributed by atoms with Gasteiger partial charge >= 0.3 is 0 Å². The van der Waals surface area contributed by atoms with Crippen molar-refractivity contribution in [3.05, 3.63) is 64.5 Å². The number of aliphatic hydroxyl groups is 1. The van der Waals surface area contributed by atoms with E-state index in [0.29, 0.717) is 23.3 Å². The van der Waals surface area contributed by atoms with E-state index in [4.69, 9.17) is 4.74 Å². The number of benzene rings is 2. The second-order valence-corrected chi connectivity index (χ2v) is 5.78. The van der Waals surface area contributed by atoms with E-state index in [2.05, 4.69) is 0 Å². The van der Waals surface area contributed by atoms with Crippen LogP contribution >= 0.6 is 0 Å². The van der Waals surface area contributed by atoms with Gasteiger partial charge in [0.05, 0.1) is 6.61 Å². The quantitative estimate of drug-likeness (QED) is 0.912. The number of hydrogen-bond acceptors (Lipinski definition) is 2. The zero-order valence-corrected chi connectivity index (χ0v) is 12.3. The van der Waals surface area contributed by atoms with E-state index in [1.54, 1.807) is 26.0 Å². The van der Waals surface area contributed by atoms with E-state index in [-0.39, 0.29) is 5.82 Å². The number of ether oxygens (including phenoxy) is 1. The second kappa shape index (κ2) is 5.15. The molecule has 0 saturated heterocycles. The van der Waals surface area contributed by atoms with Gasteiger partial charge in [-0.05, 0) is 49.4 Å². The maximum Gasteiger partial charge on any atom is 0.128 e. The molecule has 0 radical (unpaired) electrons. The number of hydrogen-bond donors (Lipinski definition) is 1. The van der Waals surface area contributed by atoms with Crippen molar-refractivity contribution >= 4 is 0 Å². The lowest BCUT2D eigenvalue weighted by molar-refractivity contribution is 0.0964. The Balaban J connectivity index is 2.11. The molecule has 0 aliphatic carbocycles. The minimum absolute atomic E-state index is 0.307. The van der Waals surface area contributed by atoms with Gasteiger partial charge in [0.2, 0.25) is 0 Å². The highest BCUT2D eigenvalue weighted by Gasteiger charge is 2.31. The van der Waals surface area contributed by atoms with Crippen LogP contribution in [0.5, 0.6) is 5.75 Å². The molecule has 0 saturated carbocycles. The number of halogens is 1. The molecule has 0 spiro atoms.